The van der Waals surface area contributed by atoms with Crippen LogP contribution in [-0.4, -0.2) is 57.0 Å². The number of rotatable bonds is 11. The Labute approximate surface area is 171 Å². The quantitative estimate of drug-likeness (QED) is 0.290. The van der Waals surface area contributed by atoms with Crippen molar-refractivity contribution in [1.29, 1.82) is 0 Å². The van der Waals surface area contributed by atoms with Crippen LogP contribution in [0.25, 0.3) is 16.4 Å². The Morgan fingerprint density at radius 2 is 2.10 bits per heavy atom. The number of hydrogen-bond donors (Lipinski definition) is 3. The standard InChI is InChI=1S/C20H23FN4O5/c1-11(2)30-17(8-12-9-23-18-14(12)4-3-5-15(18)21)19(27)25-16(20(28)29)7-6-13(26)10-24-22/h3-5,9-11,16-17,23H,6-8H2,1-2H3,(H,25,27)(H,28,29). The zero-order valence-corrected chi connectivity index (χ0v) is 16.6. The summed E-state index contributed by atoms with van der Waals surface area (Å²) >= 11 is 0. The molecule has 1 heterocycles. The average molecular weight is 418 g/mol. The number of carboxylic acids is 1. The van der Waals surface area contributed by atoms with Crippen LogP contribution in [0.4, 0.5) is 4.39 Å². The van der Waals surface area contributed by atoms with E-state index >= 15 is 0 Å². The summed E-state index contributed by atoms with van der Waals surface area (Å²) in [4.78, 5) is 41.1. The van der Waals surface area contributed by atoms with Crippen LogP contribution in [0.2, 0.25) is 0 Å². The van der Waals surface area contributed by atoms with Crippen LogP contribution in [-0.2, 0) is 25.5 Å². The molecule has 2 unspecified atom stereocenters. The molecule has 2 atom stereocenters. The van der Waals surface area contributed by atoms with E-state index in [9.17, 15) is 23.9 Å². The highest BCUT2D eigenvalue weighted by molar-refractivity contribution is 6.25. The van der Waals surface area contributed by atoms with Crippen molar-refractivity contribution >= 4 is 34.8 Å². The minimum absolute atomic E-state index is 0.0932. The number of amides is 1. The van der Waals surface area contributed by atoms with E-state index in [4.69, 9.17) is 10.3 Å². The molecule has 0 saturated heterocycles. The normalized spacial score (nSPS) is 12.9. The van der Waals surface area contributed by atoms with Gasteiger partial charge >= 0.3 is 12.2 Å². The van der Waals surface area contributed by atoms with Crippen LogP contribution in [0.3, 0.4) is 0 Å². The summed E-state index contributed by atoms with van der Waals surface area (Å²) in [5.74, 6) is -2.97. The molecular formula is C20H23FN4O5. The molecule has 0 saturated carbocycles. The van der Waals surface area contributed by atoms with Gasteiger partial charge < -0.3 is 25.7 Å². The van der Waals surface area contributed by atoms with Crippen LogP contribution in [0.15, 0.2) is 24.4 Å². The number of carbonyl (C=O) groups is 3. The SMILES string of the molecule is CC(C)OC(Cc1c[nH]c2c(F)cccc12)C(=O)NC(CCC(=O)C=[N+]=[N-])C(=O)O. The molecule has 0 aliphatic heterocycles. The van der Waals surface area contributed by atoms with Gasteiger partial charge in [-0.25, -0.2) is 9.18 Å². The summed E-state index contributed by atoms with van der Waals surface area (Å²) in [5, 5.41) is 12.3. The monoisotopic (exact) mass is 418 g/mol. The number of nitrogens with one attached hydrogen (secondary N) is 2. The predicted molar refractivity (Wildman–Crippen MR) is 105 cm³/mol. The summed E-state index contributed by atoms with van der Waals surface area (Å²) in [5.41, 5.74) is 9.30. The Balaban J connectivity index is 2.17. The topological polar surface area (TPSA) is 145 Å². The number of Topliss-reactive ketones (excluding diaryl/α,β-unsaturated/α-hetero) is 1. The first-order valence-electron chi connectivity index (χ1n) is 9.36. The summed E-state index contributed by atoms with van der Waals surface area (Å²) in [6, 6.07) is 3.26. The molecular weight excluding hydrogens is 395 g/mol. The lowest BCUT2D eigenvalue weighted by atomic mass is 10.0. The molecule has 0 fully saturated rings. The molecule has 9 nitrogen and oxygen atoms in total. The fraction of sp³-hybridized carbons (Fsp3) is 0.400. The number of halogens is 1. The molecule has 10 heteroatoms. The Kier molecular flexibility index (Phi) is 7.97. The van der Waals surface area contributed by atoms with E-state index in [1.54, 1.807) is 32.2 Å². The van der Waals surface area contributed by atoms with Crippen molar-refractivity contribution in [2.45, 2.75) is 51.4 Å². The van der Waals surface area contributed by atoms with E-state index in [1.807, 2.05) is 0 Å². The molecule has 0 bridgehead atoms. The number of carbonyl (C=O) groups excluding carboxylic acids is 2. The largest absolute Gasteiger partial charge is 0.480 e. The molecule has 1 amide bonds. The van der Waals surface area contributed by atoms with E-state index in [-0.39, 0.29) is 25.4 Å². The van der Waals surface area contributed by atoms with E-state index in [1.165, 1.54) is 6.07 Å². The Morgan fingerprint density at radius 1 is 1.37 bits per heavy atom. The molecule has 160 valence electrons. The van der Waals surface area contributed by atoms with Crippen LogP contribution in [0.5, 0.6) is 0 Å². The highest BCUT2D eigenvalue weighted by atomic mass is 19.1. The molecule has 0 radical (unpaired) electrons. The van der Waals surface area contributed by atoms with Gasteiger partial charge in [0.05, 0.1) is 11.6 Å². The van der Waals surface area contributed by atoms with Crippen molar-refractivity contribution in [2.24, 2.45) is 0 Å². The average Bonchev–Trinajstić information content (AvgIpc) is 3.08. The summed E-state index contributed by atoms with van der Waals surface area (Å²) in [7, 11) is 0. The highest BCUT2D eigenvalue weighted by Crippen LogP contribution is 2.23. The lowest BCUT2D eigenvalue weighted by Crippen LogP contribution is -2.47. The number of H-pyrrole nitrogens is 1. The van der Waals surface area contributed by atoms with Crippen LogP contribution < -0.4 is 5.32 Å². The van der Waals surface area contributed by atoms with Gasteiger partial charge in [0, 0.05) is 24.4 Å². The summed E-state index contributed by atoms with van der Waals surface area (Å²) in [6.07, 6.45) is 0.589. The molecule has 30 heavy (non-hydrogen) atoms. The minimum atomic E-state index is -1.33. The first-order chi connectivity index (χ1) is 14.2. The molecule has 0 spiro atoms. The van der Waals surface area contributed by atoms with Gasteiger partial charge in [-0.1, -0.05) is 12.1 Å². The van der Waals surface area contributed by atoms with E-state index < -0.39 is 35.6 Å². The van der Waals surface area contributed by atoms with Crippen molar-refractivity contribution in [3.05, 3.63) is 41.3 Å². The van der Waals surface area contributed by atoms with Crippen molar-refractivity contribution in [2.75, 3.05) is 0 Å². The molecule has 3 N–H and O–H groups in total. The molecule has 1 aromatic heterocycles. The Bertz CT molecular complexity index is 981. The molecule has 0 aliphatic carbocycles. The third kappa shape index (κ3) is 6.07. The third-order valence-corrected chi connectivity index (χ3v) is 4.38. The van der Waals surface area contributed by atoms with Gasteiger partial charge in [0.25, 0.3) is 0 Å². The van der Waals surface area contributed by atoms with Crippen molar-refractivity contribution in [1.82, 2.24) is 10.3 Å². The van der Waals surface area contributed by atoms with Crippen molar-refractivity contribution < 1.29 is 33.4 Å². The summed E-state index contributed by atoms with van der Waals surface area (Å²) < 4.78 is 19.6. The van der Waals surface area contributed by atoms with Gasteiger partial charge in [-0.2, -0.15) is 4.79 Å². The number of nitrogens with zero attached hydrogens (tertiary/aromatic N) is 2. The number of para-hydroxylation sites is 1. The number of hydrogen-bond acceptors (Lipinski definition) is 4. The lowest BCUT2D eigenvalue weighted by Gasteiger charge is -2.22. The second kappa shape index (κ2) is 10.4. The number of aromatic amines is 1. The summed E-state index contributed by atoms with van der Waals surface area (Å²) in [6.45, 7) is 3.47. The Morgan fingerprint density at radius 3 is 2.73 bits per heavy atom. The zero-order chi connectivity index (χ0) is 22.3. The number of ketones is 1. The van der Waals surface area contributed by atoms with Gasteiger partial charge in [-0.05, 0) is 31.9 Å². The Hall–Kier alpha value is -3.36. The number of aromatic nitrogens is 1. The van der Waals surface area contributed by atoms with E-state index in [0.29, 0.717) is 22.7 Å². The molecule has 2 rings (SSSR count). The van der Waals surface area contributed by atoms with Gasteiger partial charge in [0.15, 0.2) is 0 Å². The van der Waals surface area contributed by atoms with E-state index in [0.717, 1.165) is 0 Å². The maximum Gasteiger partial charge on any atom is 0.326 e. The number of carboxylic acid groups (broad SMARTS) is 1. The smallest absolute Gasteiger partial charge is 0.326 e. The third-order valence-electron chi connectivity index (χ3n) is 4.38. The highest BCUT2D eigenvalue weighted by Gasteiger charge is 2.28. The van der Waals surface area contributed by atoms with Gasteiger partial charge in [0.1, 0.15) is 18.0 Å². The number of ether oxygens (including phenoxy) is 1. The fourth-order valence-corrected chi connectivity index (χ4v) is 3.01. The second-order valence-corrected chi connectivity index (χ2v) is 7.00. The molecule has 1 aromatic carbocycles. The first kappa shape index (κ1) is 22.9. The van der Waals surface area contributed by atoms with Crippen LogP contribution in [0, 0.1) is 5.82 Å². The molecule has 2 aromatic rings. The maximum absolute atomic E-state index is 13.9. The van der Waals surface area contributed by atoms with Crippen molar-refractivity contribution in [3.63, 3.8) is 0 Å². The zero-order valence-electron chi connectivity index (χ0n) is 16.6. The van der Waals surface area contributed by atoms with Gasteiger partial charge in [0.2, 0.25) is 11.7 Å². The van der Waals surface area contributed by atoms with Crippen LogP contribution in [0.1, 0.15) is 32.3 Å². The number of aliphatic carboxylic acids is 1. The first-order valence-corrected chi connectivity index (χ1v) is 9.36. The van der Waals surface area contributed by atoms with Crippen molar-refractivity contribution in [3.8, 4) is 0 Å². The fourth-order valence-electron chi connectivity index (χ4n) is 3.01. The second-order valence-electron chi connectivity index (χ2n) is 7.00. The van der Waals surface area contributed by atoms with Crippen LogP contribution >= 0.6 is 0 Å². The lowest BCUT2D eigenvalue weighted by molar-refractivity contribution is -0.145. The minimum Gasteiger partial charge on any atom is -0.480 e. The molecule has 0 aliphatic rings. The number of fused-ring (bicyclic) bond motifs is 1. The predicted octanol–water partition coefficient (Wildman–Crippen LogP) is 1.86. The maximum atomic E-state index is 13.9. The van der Waals surface area contributed by atoms with Gasteiger partial charge in [-0.3, -0.25) is 9.59 Å². The number of benzene rings is 1. The van der Waals surface area contributed by atoms with Gasteiger partial charge in [-0.15, -0.1) is 0 Å². The van der Waals surface area contributed by atoms with E-state index in [2.05, 4.69) is 15.1 Å².